The second-order valence-electron chi connectivity index (χ2n) is 6.44. The van der Waals surface area contributed by atoms with Gasteiger partial charge in [0.25, 0.3) is 0 Å². The van der Waals surface area contributed by atoms with Crippen molar-refractivity contribution >= 4 is 15.9 Å². The Bertz CT molecular complexity index is 668. The third-order valence-corrected chi connectivity index (χ3v) is 5.79. The number of likely N-dealkylation sites (tertiary alicyclic amines) is 1. The van der Waals surface area contributed by atoms with Crippen LogP contribution in [-0.4, -0.2) is 44.4 Å². The summed E-state index contributed by atoms with van der Waals surface area (Å²) in [7, 11) is -3.69. The zero-order valence-electron chi connectivity index (χ0n) is 13.9. The predicted molar refractivity (Wildman–Crippen MR) is 89.1 cm³/mol. The number of nitrogens with two attached hydrogens (primary N) is 1. The molecule has 1 atom stereocenters. The highest BCUT2D eigenvalue weighted by Crippen LogP contribution is 2.17. The molecule has 1 fully saturated rings. The average Bonchev–Trinajstić information content (AvgIpc) is 2.54. The van der Waals surface area contributed by atoms with Crippen LogP contribution in [0.2, 0.25) is 0 Å². The van der Waals surface area contributed by atoms with Gasteiger partial charge in [0.1, 0.15) is 5.82 Å². The Morgan fingerprint density at radius 1 is 1.25 bits per heavy atom. The first-order valence-corrected chi connectivity index (χ1v) is 9.51. The van der Waals surface area contributed by atoms with Crippen LogP contribution in [0.5, 0.6) is 0 Å². The van der Waals surface area contributed by atoms with E-state index in [-0.39, 0.29) is 22.8 Å². The van der Waals surface area contributed by atoms with Crippen molar-refractivity contribution in [1.29, 1.82) is 0 Å². The van der Waals surface area contributed by atoms with E-state index in [0.717, 1.165) is 12.1 Å². The first-order valence-electron chi connectivity index (χ1n) is 8.03. The number of amides is 1. The highest BCUT2D eigenvalue weighted by atomic mass is 32.2. The largest absolute Gasteiger partial charge is 0.341 e. The molecule has 1 aliphatic rings. The fourth-order valence-corrected chi connectivity index (χ4v) is 3.92. The van der Waals surface area contributed by atoms with Gasteiger partial charge in [0.2, 0.25) is 15.9 Å². The maximum Gasteiger partial charge on any atom is 0.240 e. The van der Waals surface area contributed by atoms with E-state index in [1.807, 2.05) is 13.8 Å². The van der Waals surface area contributed by atoms with Crippen LogP contribution >= 0.6 is 0 Å². The summed E-state index contributed by atoms with van der Waals surface area (Å²) in [6.45, 7) is 4.73. The number of nitrogens with zero attached hydrogens (tertiary/aromatic N) is 1. The van der Waals surface area contributed by atoms with Crippen molar-refractivity contribution in [2.24, 2.45) is 11.7 Å². The van der Waals surface area contributed by atoms with Gasteiger partial charge in [-0.3, -0.25) is 4.79 Å². The zero-order chi connectivity index (χ0) is 17.9. The summed E-state index contributed by atoms with van der Waals surface area (Å²) in [5, 5.41) is 0. The second-order valence-corrected chi connectivity index (χ2v) is 8.16. The highest BCUT2D eigenvalue weighted by Gasteiger charge is 2.29. The van der Waals surface area contributed by atoms with E-state index in [1.54, 1.807) is 4.90 Å². The summed E-state index contributed by atoms with van der Waals surface area (Å²) >= 11 is 0. The molecule has 0 aromatic heterocycles. The molecule has 8 heteroatoms. The van der Waals surface area contributed by atoms with Crippen molar-refractivity contribution in [3.63, 3.8) is 0 Å². The molecule has 0 saturated carbocycles. The number of halogens is 1. The second kappa shape index (κ2) is 7.58. The molecule has 0 aliphatic carbocycles. The summed E-state index contributed by atoms with van der Waals surface area (Å²) in [6.07, 6.45) is 1.05. The van der Waals surface area contributed by atoms with Gasteiger partial charge in [-0.1, -0.05) is 13.8 Å². The van der Waals surface area contributed by atoms with Crippen molar-refractivity contribution < 1.29 is 17.6 Å². The number of carbonyl (C=O) groups excluding carboxylic acids is 1. The minimum atomic E-state index is -3.69. The average molecular weight is 357 g/mol. The van der Waals surface area contributed by atoms with Gasteiger partial charge >= 0.3 is 0 Å². The Kier molecular flexibility index (Phi) is 5.95. The van der Waals surface area contributed by atoms with Crippen LogP contribution in [0.25, 0.3) is 0 Å². The van der Waals surface area contributed by atoms with Gasteiger partial charge in [0.15, 0.2) is 0 Å². The number of carbonyl (C=O) groups is 1. The summed E-state index contributed by atoms with van der Waals surface area (Å²) < 4.78 is 40.1. The number of hydrogen-bond donors (Lipinski definition) is 2. The summed E-state index contributed by atoms with van der Waals surface area (Å²) in [6, 6.07) is 3.92. The first-order chi connectivity index (χ1) is 11.2. The van der Waals surface area contributed by atoms with Crippen molar-refractivity contribution in [3.8, 4) is 0 Å². The Morgan fingerprint density at radius 3 is 2.29 bits per heavy atom. The topological polar surface area (TPSA) is 92.5 Å². The standard InChI is InChI=1S/C16H24FN3O3S/c1-11(2)15(18)16(21)20-9-7-13(8-10-20)19-24(22,23)14-5-3-12(17)4-6-14/h3-6,11,13,15,19H,7-10,18H2,1-2H3/t15-/m0/s1. The monoisotopic (exact) mass is 357 g/mol. The lowest BCUT2D eigenvalue weighted by atomic mass is 10.0. The molecule has 0 bridgehead atoms. The van der Waals surface area contributed by atoms with E-state index >= 15 is 0 Å². The van der Waals surface area contributed by atoms with Crippen LogP contribution < -0.4 is 10.5 Å². The lowest BCUT2D eigenvalue weighted by Gasteiger charge is -2.34. The van der Waals surface area contributed by atoms with Crippen LogP contribution in [0.1, 0.15) is 26.7 Å². The van der Waals surface area contributed by atoms with E-state index in [9.17, 15) is 17.6 Å². The molecule has 1 aromatic carbocycles. The zero-order valence-corrected chi connectivity index (χ0v) is 14.7. The fourth-order valence-electron chi connectivity index (χ4n) is 2.61. The van der Waals surface area contributed by atoms with E-state index in [0.29, 0.717) is 25.9 Å². The molecule has 134 valence electrons. The van der Waals surface area contributed by atoms with Gasteiger partial charge in [-0.25, -0.2) is 17.5 Å². The molecule has 0 radical (unpaired) electrons. The molecule has 6 nitrogen and oxygen atoms in total. The molecule has 0 unspecified atom stereocenters. The Morgan fingerprint density at radius 2 is 1.79 bits per heavy atom. The quantitative estimate of drug-likeness (QED) is 0.825. The maximum absolute atomic E-state index is 12.9. The maximum atomic E-state index is 12.9. The molecule has 1 aliphatic heterocycles. The van der Waals surface area contributed by atoms with Gasteiger partial charge in [0, 0.05) is 19.1 Å². The SMILES string of the molecule is CC(C)[C@H](N)C(=O)N1CCC(NS(=O)(=O)c2ccc(F)cc2)CC1. The van der Waals surface area contributed by atoms with Gasteiger partial charge < -0.3 is 10.6 Å². The predicted octanol–water partition coefficient (Wildman–Crippen LogP) is 1.08. The van der Waals surface area contributed by atoms with E-state index in [4.69, 9.17) is 5.73 Å². The normalized spacial score (nSPS) is 18.0. The summed E-state index contributed by atoms with van der Waals surface area (Å²) in [5.41, 5.74) is 5.88. The Hall–Kier alpha value is -1.51. The summed E-state index contributed by atoms with van der Waals surface area (Å²) in [5.74, 6) is -0.515. The summed E-state index contributed by atoms with van der Waals surface area (Å²) in [4.78, 5) is 13.9. The Balaban J connectivity index is 1.93. The molecule has 2 rings (SSSR count). The molecule has 1 heterocycles. The fraction of sp³-hybridized carbons (Fsp3) is 0.562. The van der Waals surface area contributed by atoms with Crippen LogP contribution in [0.4, 0.5) is 4.39 Å². The lowest BCUT2D eigenvalue weighted by molar-refractivity contribution is -0.134. The third kappa shape index (κ3) is 4.52. The third-order valence-electron chi connectivity index (χ3n) is 4.26. The molecular weight excluding hydrogens is 333 g/mol. The number of rotatable bonds is 5. The van der Waals surface area contributed by atoms with Crippen molar-refractivity contribution in [3.05, 3.63) is 30.1 Å². The van der Waals surface area contributed by atoms with Crippen molar-refractivity contribution in [1.82, 2.24) is 9.62 Å². The van der Waals surface area contributed by atoms with Gasteiger partial charge in [-0.15, -0.1) is 0 Å². The number of hydrogen-bond acceptors (Lipinski definition) is 4. The number of sulfonamides is 1. The molecule has 1 amide bonds. The molecule has 24 heavy (non-hydrogen) atoms. The van der Waals surface area contributed by atoms with Crippen molar-refractivity contribution in [2.45, 2.75) is 43.7 Å². The molecule has 1 saturated heterocycles. The molecule has 3 N–H and O–H groups in total. The number of piperidine rings is 1. The Labute approximate surface area is 142 Å². The molecule has 1 aromatic rings. The minimum Gasteiger partial charge on any atom is -0.341 e. The number of benzene rings is 1. The van der Waals surface area contributed by atoms with E-state index < -0.39 is 21.9 Å². The van der Waals surface area contributed by atoms with Gasteiger partial charge in [0.05, 0.1) is 10.9 Å². The van der Waals surface area contributed by atoms with Gasteiger partial charge in [-0.05, 0) is 43.0 Å². The number of nitrogens with one attached hydrogen (secondary N) is 1. The highest BCUT2D eigenvalue weighted by molar-refractivity contribution is 7.89. The lowest BCUT2D eigenvalue weighted by Crippen LogP contribution is -2.52. The van der Waals surface area contributed by atoms with Gasteiger partial charge in [-0.2, -0.15) is 0 Å². The van der Waals surface area contributed by atoms with Crippen LogP contribution in [0.3, 0.4) is 0 Å². The molecule has 0 spiro atoms. The van der Waals surface area contributed by atoms with Crippen LogP contribution in [0.15, 0.2) is 29.2 Å². The minimum absolute atomic E-state index is 0.0317. The van der Waals surface area contributed by atoms with Crippen molar-refractivity contribution in [2.75, 3.05) is 13.1 Å². The van der Waals surface area contributed by atoms with Crippen LogP contribution in [0, 0.1) is 11.7 Å². The van der Waals surface area contributed by atoms with E-state index in [2.05, 4.69) is 4.72 Å². The van der Waals surface area contributed by atoms with Crippen LogP contribution in [-0.2, 0) is 14.8 Å². The first kappa shape index (κ1) is 18.8. The smallest absolute Gasteiger partial charge is 0.240 e. The molecular formula is C16H24FN3O3S. The van der Waals surface area contributed by atoms with E-state index in [1.165, 1.54) is 12.1 Å².